The Morgan fingerprint density at radius 2 is 1.76 bits per heavy atom. The first-order valence-electron chi connectivity index (χ1n) is 8.88. The predicted molar refractivity (Wildman–Crippen MR) is 125 cm³/mol. The number of carbonyl (C=O) groups is 1. The van der Waals surface area contributed by atoms with Gasteiger partial charge in [-0.3, -0.25) is 4.79 Å². The molecule has 0 aliphatic heterocycles. The van der Waals surface area contributed by atoms with Crippen LogP contribution in [-0.4, -0.2) is 19.6 Å². The Hall–Kier alpha value is -2.45. The molecule has 7 heteroatoms. The monoisotopic (exact) mass is 522 g/mol. The molecule has 0 atom stereocenters. The van der Waals surface area contributed by atoms with Gasteiger partial charge in [0.25, 0.3) is 5.91 Å². The Bertz CT molecular complexity index is 966. The molecule has 0 saturated heterocycles. The molecule has 0 spiro atoms. The van der Waals surface area contributed by atoms with Crippen LogP contribution in [0.4, 0.5) is 11.4 Å². The molecule has 3 rings (SSSR count). The molecule has 3 aromatic carbocycles. The molecule has 0 saturated carbocycles. The molecule has 2 N–H and O–H groups in total. The average molecular weight is 523 g/mol. The van der Waals surface area contributed by atoms with Crippen molar-refractivity contribution in [1.82, 2.24) is 0 Å². The van der Waals surface area contributed by atoms with Gasteiger partial charge in [0.15, 0.2) is 18.1 Å². The van der Waals surface area contributed by atoms with Crippen molar-refractivity contribution in [3.63, 3.8) is 0 Å². The van der Waals surface area contributed by atoms with Crippen LogP contribution in [0.5, 0.6) is 11.5 Å². The molecule has 0 bridgehead atoms. The maximum Gasteiger partial charge on any atom is 0.262 e. The third-order valence-corrected chi connectivity index (χ3v) is 5.09. The van der Waals surface area contributed by atoms with Crippen LogP contribution in [0.15, 0.2) is 66.7 Å². The standard InChI is InChI=1S/C22H20ClIN2O3/c1-28-20-12-15(13-25-17-9-7-16(23)8-10-17)11-19(24)22(20)29-14-21(27)26-18-5-3-2-4-6-18/h2-12,25H,13-14H2,1H3,(H,26,27). The number of anilines is 2. The lowest BCUT2D eigenvalue weighted by molar-refractivity contribution is -0.118. The van der Waals surface area contributed by atoms with Crippen molar-refractivity contribution in [1.29, 1.82) is 0 Å². The summed E-state index contributed by atoms with van der Waals surface area (Å²) in [6, 6.07) is 20.7. The minimum absolute atomic E-state index is 0.108. The highest BCUT2D eigenvalue weighted by Crippen LogP contribution is 2.34. The first kappa shape index (κ1) is 21.3. The van der Waals surface area contributed by atoms with E-state index >= 15 is 0 Å². The molecule has 0 aliphatic rings. The summed E-state index contributed by atoms with van der Waals surface area (Å²) < 4.78 is 12.1. The number of hydrogen-bond donors (Lipinski definition) is 2. The fourth-order valence-corrected chi connectivity index (χ4v) is 3.59. The number of ether oxygens (including phenoxy) is 2. The highest BCUT2D eigenvalue weighted by atomic mass is 127. The third kappa shape index (κ3) is 6.27. The van der Waals surface area contributed by atoms with E-state index in [2.05, 4.69) is 33.2 Å². The Kier molecular flexibility index (Phi) is 7.60. The summed E-state index contributed by atoms with van der Waals surface area (Å²) in [6.07, 6.45) is 0. The minimum atomic E-state index is -0.234. The second-order valence-corrected chi connectivity index (χ2v) is 7.77. The molecule has 3 aromatic rings. The average Bonchev–Trinajstić information content (AvgIpc) is 2.73. The van der Waals surface area contributed by atoms with Crippen molar-refractivity contribution >= 4 is 51.5 Å². The zero-order valence-electron chi connectivity index (χ0n) is 15.7. The van der Waals surface area contributed by atoms with Gasteiger partial charge in [0.2, 0.25) is 0 Å². The number of hydrogen-bond acceptors (Lipinski definition) is 4. The largest absolute Gasteiger partial charge is 0.493 e. The lowest BCUT2D eigenvalue weighted by atomic mass is 10.2. The Morgan fingerprint density at radius 1 is 1.03 bits per heavy atom. The molecule has 0 fully saturated rings. The van der Waals surface area contributed by atoms with E-state index in [1.807, 2.05) is 66.7 Å². The van der Waals surface area contributed by atoms with Crippen LogP contribution in [0.25, 0.3) is 0 Å². The number of nitrogens with one attached hydrogen (secondary N) is 2. The fraction of sp³-hybridized carbons (Fsp3) is 0.136. The summed E-state index contributed by atoms with van der Waals surface area (Å²) in [4.78, 5) is 12.1. The van der Waals surface area contributed by atoms with E-state index in [1.165, 1.54) is 0 Å². The minimum Gasteiger partial charge on any atom is -0.493 e. The SMILES string of the molecule is COc1cc(CNc2ccc(Cl)cc2)cc(I)c1OCC(=O)Nc1ccccc1. The van der Waals surface area contributed by atoms with Crippen LogP contribution in [0.2, 0.25) is 5.02 Å². The summed E-state index contributed by atoms with van der Waals surface area (Å²) in [5, 5.41) is 6.84. The summed E-state index contributed by atoms with van der Waals surface area (Å²) >= 11 is 8.10. The van der Waals surface area contributed by atoms with E-state index in [4.69, 9.17) is 21.1 Å². The van der Waals surface area contributed by atoms with Gasteiger partial charge < -0.3 is 20.1 Å². The molecular weight excluding hydrogens is 503 g/mol. The van der Waals surface area contributed by atoms with Gasteiger partial charge in [-0.25, -0.2) is 0 Å². The number of halogens is 2. The first-order chi connectivity index (χ1) is 14.0. The van der Waals surface area contributed by atoms with Crippen molar-refractivity contribution in [2.45, 2.75) is 6.54 Å². The highest BCUT2D eigenvalue weighted by Gasteiger charge is 2.14. The first-order valence-corrected chi connectivity index (χ1v) is 10.3. The van der Waals surface area contributed by atoms with Crippen LogP contribution in [0.1, 0.15) is 5.56 Å². The van der Waals surface area contributed by atoms with Gasteiger partial charge in [-0.05, 0) is 76.7 Å². The van der Waals surface area contributed by atoms with Crippen molar-refractivity contribution in [2.75, 3.05) is 24.4 Å². The molecule has 0 radical (unpaired) electrons. The van der Waals surface area contributed by atoms with E-state index in [9.17, 15) is 4.79 Å². The summed E-state index contributed by atoms with van der Waals surface area (Å²) in [5.74, 6) is 0.895. The van der Waals surface area contributed by atoms with E-state index in [-0.39, 0.29) is 12.5 Å². The van der Waals surface area contributed by atoms with Gasteiger partial charge in [-0.1, -0.05) is 29.8 Å². The van der Waals surface area contributed by atoms with Crippen molar-refractivity contribution < 1.29 is 14.3 Å². The zero-order chi connectivity index (χ0) is 20.6. The molecule has 1 amide bonds. The number of benzene rings is 3. The van der Waals surface area contributed by atoms with E-state index in [0.717, 1.165) is 20.5 Å². The molecule has 0 unspecified atom stereocenters. The number of amides is 1. The predicted octanol–water partition coefficient (Wildman–Crippen LogP) is 5.58. The molecule has 5 nitrogen and oxygen atoms in total. The normalized spacial score (nSPS) is 10.3. The van der Waals surface area contributed by atoms with Crippen LogP contribution in [0, 0.1) is 3.57 Å². The molecular formula is C22H20ClIN2O3. The second kappa shape index (κ2) is 10.4. The van der Waals surface area contributed by atoms with E-state index in [1.54, 1.807) is 7.11 Å². The lowest BCUT2D eigenvalue weighted by Crippen LogP contribution is -2.20. The summed E-state index contributed by atoms with van der Waals surface area (Å²) in [5.41, 5.74) is 2.73. The van der Waals surface area contributed by atoms with Crippen molar-refractivity contribution in [3.8, 4) is 11.5 Å². The third-order valence-electron chi connectivity index (χ3n) is 4.04. The second-order valence-electron chi connectivity index (χ2n) is 6.17. The fourth-order valence-electron chi connectivity index (χ4n) is 2.64. The van der Waals surface area contributed by atoms with Crippen LogP contribution < -0.4 is 20.1 Å². The molecule has 29 heavy (non-hydrogen) atoms. The molecule has 0 aromatic heterocycles. The summed E-state index contributed by atoms with van der Waals surface area (Å²) in [6.45, 7) is 0.506. The van der Waals surface area contributed by atoms with Gasteiger partial charge in [-0.15, -0.1) is 0 Å². The van der Waals surface area contributed by atoms with Gasteiger partial charge in [-0.2, -0.15) is 0 Å². The Morgan fingerprint density at radius 3 is 2.45 bits per heavy atom. The van der Waals surface area contributed by atoms with Gasteiger partial charge in [0, 0.05) is 22.9 Å². The van der Waals surface area contributed by atoms with Gasteiger partial charge in [0.1, 0.15) is 0 Å². The summed E-state index contributed by atoms with van der Waals surface area (Å²) in [7, 11) is 1.58. The van der Waals surface area contributed by atoms with Crippen molar-refractivity contribution in [2.24, 2.45) is 0 Å². The molecule has 0 aliphatic carbocycles. The molecule has 0 heterocycles. The number of rotatable bonds is 8. The lowest BCUT2D eigenvalue weighted by Gasteiger charge is -2.15. The van der Waals surface area contributed by atoms with Gasteiger partial charge >= 0.3 is 0 Å². The van der Waals surface area contributed by atoms with Crippen LogP contribution >= 0.6 is 34.2 Å². The smallest absolute Gasteiger partial charge is 0.262 e. The Labute approximate surface area is 188 Å². The zero-order valence-corrected chi connectivity index (χ0v) is 18.7. The van der Waals surface area contributed by atoms with E-state index < -0.39 is 0 Å². The number of methoxy groups -OCH3 is 1. The van der Waals surface area contributed by atoms with Crippen LogP contribution in [-0.2, 0) is 11.3 Å². The van der Waals surface area contributed by atoms with Gasteiger partial charge in [0.05, 0.1) is 10.7 Å². The Balaban J connectivity index is 1.63. The van der Waals surface area contributed by atoms with Crippen molar-refractivity contribution in [3.05, 3.63) is 80.9 Å². The van der Waals surface area contributed by atoms with E-state index in [0.29, 0.717) is 23.1 Å². The maximum atomic E-state index is 12.1. The van der Waals surface area contributed by atoms with Crippen LogP contribution in [0.3, 0.4) is 0 Å². The maximum absolute atomic E-state index is 12.1. The molecule has 150 valence electrons. The quantitative estimate of drug-likeness (QED) is 0.379. The number of carbonyl (C=O) groups excluding carboxylic acids is 1. The topological polar surface area (TPSA) is 59.6 Å². The number of para-hydroxylation sites is 1. The highest BCUT2D eigenvalue weighted by molar-refractivity contribution is 14.1.